The van der Waals surface area contributed by atoms with Crippen LogP contribution in [0, 0.1) is 0 Å². The first kappa shape index (κ1) is 19.7. The van der Waals surface area contributed by atoms with E-state index in [1.807, 2.05) is 12.2 Å². The average Bonchev–Trinajstić information content (AvgIpc) is 3.41. The van der Waals surface area contributed by atoms with Crippen molar-refractivity contribution in [1.29, 1.82) is 0 Å². The Kier molecular flexibility index (Phi) is 4.72. The molecule has 1 atom stereocenters. The fourth-order valence-corrected chi connectivity index (χ4v) is 4.97. The maximum absolute atomic E-state index is 6.31. The van der Waals surface area contributed by atoms with E-state index in [0.29, 0.717) is 0 Å². The van der Waals surface area contributed by atoms with Gasteiger partial charge in [0.05, 0.1) is 11.4 Å². The molecule has 33 heavy (non-hydrogen) atoms. The molecule has 0 spiro atoms. The zero-order valence-electron chi connectivity index (χ0n) is 18.9. The lowest BCUT2D eigenvalue weighted by atomic mass is 10.1. The number of benzene rings is 4. The first-order valence-corrected chi connectivity index (χ1v) is 11.6. The van der Waals surface area contributed by atoms with Gasteiger partial charge in [0.2, 0.25) is 5.88 Å². The van der Waals surface area contributed by atoms with Crippen LogP contribution in [-0.4, -0.2) is 19.3 Å². The van der Waals surface area contributed by atoms with Gasteiger partial charge in [-0.25, -0.2) is 0 Å². The first-order chi connectivity index (χ1) is 16.3. The zero-order chi connectivity index (χ0) is 22.4. The molecular formula is C29H26N2O2. The van der Waals surface area contributed by atoms with Crippen molar-refractivity contribution >= 4 is 32.9 Å². The third kappa shape index (κ3) is 3.13. The van der Waals surface area contributed by atoms with E-state index in [2.05, 4.69) is 103 Å². The number of hydrogen-bond acceptors (Lipinski definition) is 4. The molecule has 0 aromatic heterocycles. The topological polar surface area (TPSA) is 24.9 Å². The molecule has 0 fully saturated rings. The van der Waals surface area contributed by atoms with Gasteiger partial charge in [-0.1, -0.05) is 66.7 Å². The van der Waals surface area contributed by atoms with Gasteiger partial charge in [0, 0.05) is 23.9 Å². The summed E-state index contributed by atoms with van der Waals surface area (Å²) in [5.74, 6) is 2.68. The molecule has 0 radical (unpaired) electrons. The average molecular weight is 435 g/mol. The molecule has 4 heteroatoms. The maximum Gasteiger partial charge on any atom is 0.200 e. The number of nitrogens with zero attached hydrogens (tertiary/aromatic N) is 2. The maximum atomic E-state index is 6.31. The van der Waals surface area contributed by atoms with Crippen LogP contribution in [0.5, 0.6) is 11.5 Å². The molecule has 4 aromatic rings. The Hall–Kier alpha value is -3.92. The second-order valence-electron chi connectivity index (χ2n) is 8.30. The summed E-state index contributed by atoms with van der Waals surface area (Å²) in [7, 11) is 0. The van der Waals surface area contributed by atoms with Gasteiger partial charge in [0.1, 0.15) is 5.75 Å². The fourth-order valence-electron chi connectivity index (χ4n) is 4.97. The second-order valence-corrected chi connectivity index (χ2v) is 8.30. The Labute approximate surface area is 193 Å². The van der Waals surface area contributed by atoms with Crippen molar-refractivity contribution in [2.75, 3.05) is 22.9 Å². The number of anilines is 2. The Morgan fingerprint density at radius 2 is 1.42 bits per heavy atom. The number of allylic oxidation sites excluding steroid dienone is 2. The summed E-state index contributed by atoms with van der Waals surface area (Å²) < 4.78 is 12.5. The molecule has 1 unspecified atom stereocenters. The largest absolute Gasteiger partial charge is 0.465 e. The third-order valence-electron chi connectivity index (χ3n) is 6.49. The Bertz CT molecular complexity index is 1420. The van der Waals surface area contributed by atoms with Gasteiger partial charge < -0.3 is 19.3 Å². The van der Waals surface area contributed by atoms with Gasteiger partial charge in [0.25, 0.3) is 0 Å². The summed E-state index contributed by atoms with van der Waals surface area (Å²) >= 11 is 0. The molecule has 4 aromatic carbocycles. The van der Waals surface area contributed by atoms with Crippen LogP contribution in [-0.2, 0) is 0 Å². The van der Waals surface area contributed by atoms with Gasteiger partial charge in [-0.2, -0.15) is 0 Å². The minimum atomic E-state index is -0.146. The molecule has 164 valence electrons. The minimum absolute atomic E-state index is 0.146. The number of rotatable bonds is 4. The van der Waals surface area contributed by atoms with Gasteiger partial charge in [-0.15, -0.1) is 0 Å². The van der Waals surface area contributed by atoms with E-state index in [-0.39, 0.29) is 6.23 Å². The van der Waals surface area contributed by atoms with Crippen LogP contribution in [0.4, 0.5) is 11.4 Å². The number of likely N-dealkylation sites (N-methyl/N-ethyl adjacent to an activating group) is 1. The predicted octanol–water partition coefficient (Wildman–Crippen LogP) is 6.85. The van der Waals surface area contributed by atoms with Crippen LogP contribution in [0.25, 0.3) is 21.5 Å². The Morgan fingerprint density at radius 3 is 2.12 bits per heavy atom. The molecule has 4 nitrogen and oxygen atoms in total. The molecule has 0 N–H and O–H groups in total. The summed E-state index contributed by atoms with van der Waals surface area (Å²) in [6, 6.07) is 25.3. The highest BCUT2D eigenvalue weighted by molar-refractivity contribution is 6.00. The standard InChI is InChI=1S/C29H26N2O2/c1-3-30-26(32-24-18-16-20-10-5-7-12-22(20)28(24)30)14-9-15-27-31(4-2)29-23-13-8-6-11-21(23)17-19-25(29)33-27/h5-19,26H,3-4H2,1-2H3/b14-9+,27-15-. The molecule has 0 saturated heterocycles. The van der Waals surface area contributed by atoms with Crippen LogP contribution < -0.4 is 19.3 Å². The molecule has 2 aliphatic rings. The Balaban J connectivity index is 1.30. The molecule has 0 amide bonds. The quantitative estimate of drug-likeness (QED) is 0.350. The molecule has 0 bridgehead atoms. The summed E-state index contributed by atoms with van der Waals surface area (Å²) in [6.07, 6.45) is 6.04. The highest BCUT2D eigenvalue weighted by Crippen LogP contribution is 2.45. The van der Waals surface area contributed by atoms with E-state index < -0.39 is 0 Å². The van der Waals surface area contributed by atoms with E-state index in [0.717, 1.165) is 36.2 Å². The fraction of sp³-hybridized carbons (Fsp3) is 0.172. The van der Waals surface area contributed by atoms with Crippen molar-refractivity contribution in [2.45, 2.75) is 20.1 Å². The normalized spacial score (nSPS) is 18.2. The van der Waals surface area contributed by atoms with Crippen molar-refractivity contribution in [3.8, 4) is 11.5 Å². The molecule has 6 rings (SSSR count). The van der Waals surface area contributed by atoms with Crippen molar-refractivity contribution in [3.63, 3.8) is 0 Å². The second kappa shape index (κ2) is 7.89. The summed E-state index contributed by atoms with van der Waals surface area (Å²) in [5.41, 5.74) is 2.31. The van der Waals surface area contributed by atoms with Crippen LogP contribution >= 0.6 is 0 Å². The van der Waals surface area contributed by atoms with Crippen LogP contribution in [0.3, 0.4) is 0 Å². The van der Waals surface area contributed by atoms with E-state index >= 15 is 0 Å². The lowest BCUT2D eigenvalue weighted by Gasteiger charge is -2.22. The lowest BCUT2D eigenvalue weighted by molar-refractivity contribution is 0.275. The zero-order valence-corrected chi connectivity index (χ0v) is 18.9. The number of ether oxygens (including phenoxy) is 2. The lowest BCUT2D eigenvalue weighted by Crippen LogP contribution is -2.32. The first-order valence-electron chi connectivity index (χ1n) is 11.6. The van der Waals surface area contributed by atoms with E-state index in [9.17, 15) is 0 Å². The van der Waals surface area contributed by atoms with Gasteiger partial charge in [-0.3, -0.25) is 0 Å². The number of fused-ring (bicyclic) bond motifs is 6. The van der Waals surface area contributed by atoms with Gasteiger partial charge in [-0.05, 0) is 48.9 Å². The molecule has 0 aliphatic carbocycles. The number of hydrogen-bond donors (Lipinski definition) is 0. The van der Waals surface area contributed by atoms with E-state index in [4.69, 9.17) is 9.47 Å². The van der Waals surface area contributed by atoms with Gasteiger partial charge >= 0.3 is 0 Å². The smallest absolute Gasteiger partial charge is 0.200 e. The summed E-state index contributed by atoms with van der Waals surface area (Å²) in [6.45, 7) is 6.01. The van der Waals surface area contributed by atoms with Crippen LogP contribution in [0.1, 0.15) is 13.8 Å². The van der Waals surface area contributed by atoms with E-state index in [1.165, 1.54) is 27.2 Å². The highest BCUT2D eigenvalue weighted by atomic mass is 16.5. The monoisotopic (exact) mass is 434 g/mol. The van der Waals surface area contributed by atoms with Crippen molar-refractivity contribution < 1.29 is 9.47 Å². The van der Waals surface area contributed by atoms with Crippen molar-refractivity contribution in [1.82, 2.24) is 0 Å². The molecular weight excluding hydrogens is 408 g/mol. The summed E-state index contributed by atoms with van der Waals surface area (Å²) in [5, 5.41) is 4.89. The molecule has 2 aliphatic heterocycles. The molecule has 0 saturated carbocycles. The van der Waals surface area contributed by atoms with Crippen LogP contribution in [0.15, 0.2) is 96.9 Å². The van der Waals surface area contributed by atoms with Crippen molar-refractivity contribution in [3.05, 3.63) is 96.9 Å². The Morgan fingerprint density at radius 1 is 0.758 bits per heavy atom. The van der Waals surface area contributed by atoms with Gasteiger partial charge in [0.15, 0.2) is 12.0 Å². The minimum Gasteiger partial charge on any atom is -0.465 e. The van der Waals surface area contributed by atoms with E-state index in [1.54, 1.807) is 0 Å². The summed E-state index contributed by atoms with van der Waals surface area (Å²) in [4.78, 5) is 4.54. The van der Waals surface area contributed by atoms with Crippen molar-refractivity contribution in [2.24, 2.45) is 0 Å². The SMILES string of the molecule is CCN1/C(=C/C=C/C2Oc3ccc4ccccc4c3N2CC)Oc2ccc3ccccc3c21. The predicted molar refractivity (Wildman–Crippen MR) is 136 cm³/mol. The van der Waals surface area contributed by atoms with Crippen LogP contribution in [0.2, 0.25) is 0 Å². The molecule has 2 heterocycles. The highest BCUT2D eigenvalue weighted by Gasteiger charge is 2.30. The third-order valence-corrected chi connectivity index (χ3v) is 6.49.